The van der Waals surface area contributed by atoms with E-state index in [1.54, 1.807) is 0 Å². The molecule has 0 aliphatic carbocycles. The van der Waals surface area contributed by atoms with Crippen LogP contribution in [-0.4, -0.2) is 32.1 Å². The van der Waals surface area contributed by atoms with Crippen LogP contribution in [0, 0.1) is 0 Å². The lowest BCUT2D eigenvalue weighted by atomic mass is 10.8. The van der Waals surface area contributed by atoms with Crippen LogP contribution in [0.3, 0.4) is 0 Å². The first kappa shape index (κ1) is 8.88. The van der Waals surface area contributed by atoms with Crippen molar-refractivity contribution in [2.75, 3.05) is 27.2 Å². The van der Waals surface area contributed by atoms with Crippen LogP contribution in [-0.2, 0) is 4.74 Å². The van der Waals surface area contributed by atoms with Gasteiger partial charge in [0, 0.05) is 0 Å². The normalized spacial score (nSPS) is 20.3. The van der Waals surface area contributed by atoms with E-state index in [9.17, 15) is 0 Å². The van der Waals surface area contributed by atoms with Crippen molar-refractivity contribution in [3.63, 3.8) is 0 Å². The number of rotatable bonds is 0. The lowest BCUT2D eigenvalue weighted by Gasteiger charge is -2.22. The molecule has 0 aromatic carbocycles. The molecule has 1 N–H and O–H groups in total. The lowest BCUT2D eigenvalue weighted by Crippen LogP contribution is -2.40. The fourth-order valence-corrected chi connectivity index (χ4v) is 0.556. The van der Waals surface area contributed by atoms with Crippen molar-refractivity contribution in [1.82, 2.24) is 10.2 Å². The highest BCUT2D eigenvalue weighted by Gasteiger charge is 2.00. The van der Waals surface area contributed by atoms with E-state index in [4.69, 9.17) is 4.74 Å². The minimum absolute atomic E-state index is 0.699. The summed E-state index contributed by atoms with van der Waals surface area (Å²) in [6.45, 7) is 6.40. The summed E-state index contributed by atoms with van der Waals surface area (Å²) in [5.74, 6) is 0. The Bertz CT molecular complexity index is 53.0. The van der Waals surface area contributed by atoms with Gasteiger partial charge in [0.15, 0.2) is 0 Å². The van der Waals surface area contributed by atoms with Crippen LogP contribution in [0.15, 0.2) is 0 Å². The topological polar surface area (TPSA) is 24.5 Å². The number of hydrogen-bond acceptors (Lipinski definition) is 3. The van der Waals surface area contributed by atoms with Gasteiger partial charge in [0.05, 0.1) is 13.4 Å². The van der Waals surface area contributed by atoms with Gasteiger partial charge in [-0.15, -0.1) is 0 Å². The molecule has 1 heterocycles. The van der Waals surface area contributed by atoms with Crippen molar-refractivity contribution in [3.8, 4) is 0 Å². The van der Waals surface area contributed by atoms with Crippen molar-refractivity contribution < 1.29 is 4.74 Å². The Kier molecular flexibility index (Phi) is 5.93. The Labute approximate surface area is 57.0 Å². The summed E-state index contributed by atoms with van der Waals surface area (Å²) in [7, 11) is 2.01. The molecule has 1 aliphatic rings. The van der Waals surface area contributed by atoms with Gasteiger partial charge in [-0.2, -0.15) is 0 Å². The fourth-order valence-electron chi connectivity index (χ4n) is 0.556. The van der Waals surface area contributed by atoms with Crippen LogP contribution in [0.4, 0.5) is 0 Å². The molecule has 1 saturated heterocycles. The zero-order chi connectivity index (χ0) is 7.11. The molecule has 1 fully saturated rings. The molecule has 0 bridgehead atoms. The van der Waals surface area contributed by atoms with E-state index in [-0.39, 0.29) is 0 Å². The van der Waals surface area contributed by atoms with Gasteiger partial charge in [-0.3, -0.25) is 10.2 Å². The Morgan fingerprint density at radius 1 is 1.44 bits per heavy atom. The fraction of sp³-hybridized carbons (Fsp3) is 1.00. The maximum absolute atomic E-state index is 5.00. The van der Waals surface area contributed by atoms with Crippen LogP contribution < -0.4 is 5.32 Å². The molecule has 9 heavy (non-hydrogen) atoms. The molecule has 1 rings (SSSR count). The van der Waals surface area contributed by atoms with Crippen molar-refractivity contribution >= 4 is 0 Å². The summed E-state index contributed by atoms with van der Waals surface area (Å²) in [6, 6.07) is 0. The van der Waals surface area contributed by atoms with Crippen molar-refractivity contribution in [2.24, 2.45) is 0 Å². The second-order valence-electron chi connectivity index (χ2n) is 1.74. The van der Waals surface area contributed by atoms with Crippen molar-refractivity contribution in [2.45, 2.75) is 13.8 Å². The number of nitrogens with one attached hydrogen (secondary N) is 1. The molecule has 3 nitrogen and oxygen atoms in total. The molecule has 0 atom stereocenters. The Morgan fingerprint density at radius 2 is 2.11 bits per heavy atom. The van der Waals surface area contributed by atoms with Crippen molar-refractivity contribution in [3.05, 3.63) is 0 Å². The second-order valence-corrected chi connectivity index (χ2v) is 1.74. The highest BCUT2D eigenvalue weighted by Crippen LogP contribution is 1.84. The Hall–Kier alpha value is -0.120. The molecule has 0 saturated carbocycles. The van der Waals surface area contributed by atoms with E-state index in [1.807, 2.05) is 20.9 Å². The molecule has 1 aliphatic heterocycles. The minimum Gasteiger partial charge on any atom is -0.351 e. The van der Waals surface area contributed by atoms with E-state index in [0.29, 0.717) is 6.73 Å². The molecule has 3 heteroatoms. The van der Waals surface area contributed by atoms with E-state index >= 15 is 0 Å². The van der Waals surface area contributed by atoms with E-state index in [0.717, 1.165) is 13.4 Å². The molecule has 0 amide bonds. The third-order valence-corrected chi connectivity index (χ3v) is 0.898. The number of nitrogens with zero attached hydrogens (tertiary/aromatic N) is 1. The Morgan fingerprint density at radius 3 is 2.33 bits per heavy atom. The first-order chi connectivity index (χ1) is 4.39. The standard InChI is InChI=1S/C4H10N2O.C2H6/c1-6-2-5-3-7-4-6;1-2/h5H,2-4H2,1H3;1-2H3. The van der Waals surface area contributed by atoms with Gasteiger partial charge in [-0.25, -0.2) is 0 Å². The van der Waals surface area contributed by atoms with Crippen LogP contribution in [0.25, 0.3) is 0 Å². The number of hydrogen-bond donors (Lipinski definition) is 1. The smallest absolute Gasteiger partial charge is 0.102 e. The van der Waals surface area contributed by atoms with Gasteiger partial charge in [-0.1, -0.05) is 13.8 Å². The second kappa shape index (κ2) is 6.01. The predicted molar refractivity (Wildman–Crippen MR) is 37.9 cm³/mol. The summed E-state index contributed by atoms with van der Waals surface area (Å²) in [4.78, 5) is 2.06. The van der Waals surface area contributed by atoms with E-state index < -0.39 is 0 Å². The SMILES string of the molecule is CC.CN1CNCOC1. The monoisotopic (exact) mass is 132 g/mol. The predicted octanol–water partition coefficient (Wildman–Crippen LogP) is 0.437. The summed E-state index contributed by atoms with van der Waals surface area (Å²) in [5.41, 5.74) is 0. The molecule has 0 radical (unpaired) electrons. The summed E-state index contributed by atoms with van der Waals surface area (Å²) in [6.07, 6.45) is 0. The van der Waals surface area contributed by atoms with Gasteiger partial charge in [-0.05, 0) is 7.05 Å². The average Bonchev–Trinajstić information content (AvgIpc) is 1.94. The largest absolute Gasteiger partial charge is 0.351 e. The van der Waals surface area contributed by atoms with Gasteiger partial charge in [0.2, 0.25) is 0 Å². The van der Waals surface area contributed by atoms with Gasteiger partial charge in [0.1, 0.15) is 6.73 Å². The third kappa shape index (κ3) is 4.39. The van der Waals surface area contributed by atoms with Crippen LogP contribution >= 0.6 is 0 Å². The first-order valence-corrected chi connectivity index (χ1v) is 3.36. The zero-order valence-electron chi connectivity index (χ0n) is 6.48. The van der Waals surface area contributed by atoms with Gasteiger partial charge >= 0.3 is 0 Å². The average molecular weight is 132 g/mol. The Balaban J connectivity index is 0.000000291. The summed E-state index contributed by atoms with van der Waals surface area (Å²) < 4.78 is 5.00. The maximum atomic E-state index is 5.00. The molecular weight excluding hydrogens is 116 g/mol. The quantitative estimate of drug-likeness (QED) is 0.517. The highest BCUT2D eigenvalue weighted by atomic mass is 16.5. The zero-order valence-corrected chi connectivity index (χ0v) is 6.48. The van der Waals surface area contributed by atoms with Gasteiger partial charge < -0.3 is 4.74 Å². The van der Waals surface area contributed by atoms with Crippen LogP contribution in [0.2, 0.25) is 0 Å². The summed E-state index contributed by atoms with van der Waals surface area (Å²) >= 11 is 0. The molecule has 0 spiro atoms. The van der Waals surface area contributed by atoms with Crippen molar-refractivity contribution in [1.29, 1.82) is 0 Å². The molecule has 0 aromatic rings. The van der Waals surface area contributed by atoms with Crippen LogP contribution in [0.1, 0.15) is 13.8 Å². The summed E-state index contributed by atoms with van der Waals surface area (Å²) in [5, 5.41) is 3.04. The highest BCUT2D eigenvalue weighted by molar-refractivity contribution is 4.44. The molecule has 0 unspecified atom stereocenters. The first-order valence-electron chi connectivity index (χ1n) is 3.36. The lowest BCUT2D eigenvalue weighted by molar-refractivity contribution is -0.0179. The maximum Gasteiger partial charge on any atom is 0.102 e. The third-order valence-electron chi connectivity index (χ3n) is 0.898. The van der Waals surface area contributed by atoms with E-state index in [2.05, 4.69) is 10.2 Å². The molecule has 0 aromatic heterocycles. The minimum atomic E-state index is 0.699. The van der Waals surface area contributed by atoms with E-state index in [1.165, 1.54) is 0 Å². The molecular formula is C6H16N2O. The van der Waals surface area contributed by atoms with Crippen LogP contribution in [0.5, 0.6) is 0 Å². The number of ether oxygens (including phenoxy) is 1. The van der Waals surface area contributed by atoms with Gasteiger partial charge in [0.25, 0.3) is 0 Å². The molecule has 56 valence electrons.